The highest BCUT2D eigenvalue weighted by Crippen LogP contribution is 2.34. The van der Waals surface area contributed by atoms with Gasteiger partial charge in [-0.05, 0) is 35.4 Å². The average Bonchev–Trinajstić information content (AvgIpc) is 3.26. The summed E-state index contributed by atoms with van der Waals surface area (Å²) in [6, 6.07) is 12.0. The molecule has 0 aliphatic carbocycles. The molecule has 0 bridgehead atoms. The van der Waals surface area contributed by atoms with E-state index in [1.54, 1.807) is 26.9 Å². The first-order valence-corrected chi connectivity index (χ1v) is 8.97. The van der Waals surface area contributed by atoms with Crippen LogP contribution in [0.25, 0.3) is 22.0 Å². The van der Waals surface area contributed by atoms with Gasteiger partial charge in [0, 0.05) is 24.5 Å². The molecule has 28 heavy (non-hydrogen) atoms. The number of nitrogens with one attached hydrogen (secondary N) is 2. The van der Waals surface area contributed by atoms with E-state index in [0.29, 0.717) is 11.5 Å². The molecule has 0 radical (unpaired) electrons. The third-order valence-corrected chi connectivity index (χ3v) is 4.58. The lowest BCUT2D eigenvalue weighted by Gasteiger charge is -2.11. The van der Waals surface area contributed by atoms with Crippen molar-refractivity contribution in [2.75, 3.05) is 26.1 Å². The van der Waals surface area contributed by atoms with Gasteiger partial charge in [-0.1, -0.05) is 12.1 Å². The van der Waals surface area contributed by atoms with Crippen molar-refractivity contribution >= 4 is 16.7 Å². The van der Waals surface area contributed by atoms with Crippen LogP contribution in [-0.4, -0.2) is 40.7 Å². The van der Waals surface area contributed by atoms with E-state index < -0.39 is 0 Å². The van der Waals surface area contributed by atoms with Gasteiger partial charge < -0.3 is 19.8 Å². The number of nitrogens with zero attached hydrogens (tertiary/aromatic N) is 3. The lowest BCUT2D eigenvalue weighted by molar-refractivity contribution is 0.355. The Morgan fingerprint density at radius 2 is 1.75 bits per heavy atom. The van der Waals surface area contributed by atoms with Crippen LogP contribution in [0.4, 0.5) is 5.82 Å². The zero-order valence-corrected chi connectivity index (χ0v) is 15.8. The molecule has 2 aromatic carbocycles. The van der Waals surface area contributed by atoms with Gasteiger partial charge in [-0.2, -0.15) is 0 Å². The van der Waals surface area contributed by atoms with E-state index in [2.05, 4.69) is 31.3 Å². The quantitative estimate of drug-likeness (QED) is 0.512. The molecule has 4 aromatic rings. The third kappa shape index (κ3) is 3.59. The van der Waals surface area contributed by atoms with Crippen molar-refractivity contribution in [3.8, 4) is 22.6 Å². The lowest BCUT2D eigenvalue weighted by atomic mass is 10.0. The molecular formula is C21H21N5O2. The van der Waals surface area contributed by atoms with Crippen molar-refractivity contribution in [2.45, 2.75) is 6.42 Å². The minimum absolute atomic E-state index is 0.696. The molecule has 0 unspecified atom stereocenters. The summed E-state index contributed by atoms with van der Waals surface area (Å²) in [7, 11) is 3.27. The minimum atomic E-state index is 0.696. The molecule has 2 heterocycles. The smallest absolute Gasteiger partial charge is 0.161 e. The number of H-pyrrole nitrogens is 1. The second kappa shape index (κ2) is 7.96. The zero-order valence-electron chi connectivity index (χ0n) is 15.8. The van der Waals surface area contributed by atoms with Crippen LogP contribution in [-0.2, 0) is 6.42 Å². The third-order valence-electron chi connectivity index (χ3n) is 4.58. The molecule has 2 N–H and O–H groups in total. The van der Waals surface area contributed by atoms with Gasteiger partial charge in [-0.25, -0.2) is 15.0 Å². The van der Waals surface area contributed by atoms with E-state index >= 15 is 0 Å². The van der Waals surface area contributed by atoms with Gasteiger partial charge in [0.1, 0.15) is 12.1 Å². The second-order valence-corrected chi connectivity index (χ2v) is 6.26. The fraction of sp³-hybridized carbons (Fsp3) is 0.190. The number of hydrogen-bond donors (Lipinski definition) is 2. The van der Waals surface area contributed by atoms with Gasteiger partial charge in [0.15, 0.2) is 11.5 Å². The van der Waals surface area contributed by atoms with Gasteiger partial charge in [0.25, 0.3) is 0 Å². The van der Waals surface area contributed by atoms with E-state index in [1.807, 2.05) is 36.5 Å². The lowest BCUT2D eigenvalue weighted by Crippen LogP contribution is -2.07. The number of hydrogen-bond acceptors (Lipinski definition) is 6. The standard InChI is InChI=1S/C21H21N5O2/c1-27-19-6-4-15(10-20(19)28-2)14-3-5-18-17(9-14)21(26-13-25-18)23-8-7-16-11-22-12-24-16/h3-6,9-13H,7-8H2,1-2H3,(H,22,24)(H,23,25,26). The fourth-order valence-electron chi connectivity index (χ4n) is 3.13. The van der Waals surface area contributed by atoms with Crippen molar-refractivity contribution in [3.63, 3.8) is 0 Å². The highest BCUT2D eigenvalue weighted by Gasteiger charge is 2.09. The molecule has 0 saturated heterocycles. The molecule has 0 saturated carbocycles. The zero-order chi connectivity index (χ0) is 19.3. The average molecular weight is 375 g/mol. The summed E-state index contributed by atoms with van der Waals surface area (Å²) in [5, 5.41) is 4.36. The van der Waals surface area contributed by atoms with Crippen LogP contribution < -0.4 is 14.8 Å². The number of methoxy groups -OCH3 is 2. The van der Waals surface area contributed by atoms with Gasteiger partial charge in [0.05, 0.1) is 31.8 Å². The van der Waals surface area contributed by atoms with E-state index in [0.717, 1.165) is 46.5 Å². The first-order valence-electron chi connectivity index (χ1n) is 8.97. The predicted molar refractivity (Wildman–Crippen MR) is 109 cm³/mol. The topological polar surface area (TPSA) is 85.0 Å². The Hall–Kier alpha value is -3.61. The minimum Gasteiger partial charge on any atom is -0.493 e. The van der Waals surface area contributed by atoms with Gasteiger partial charge >= 0.3 is 0 Å². The Morgan fingerprint density at radius 3 is 2.54 bits per heavy atom. The molecule has 0 atom stereocenters. The molecular weight excluding hydrogens is 354 g/mol. The van der Waals surface area contributed by atoms with Crippen molar-refractivity contribution < 1.29 is 9.47 Å². The van der Waals surface area contributed by atoms with Crippen LogP contribution >= 0.6 is 0 Å². The van der Waals surface area contributed by atoms with Crippen LogP contribution in [0.3, 0.4) is 0 Å². The van der Waals surface area contributed by atoms with E-state index in [4.69, 9.17) is 9.47 Å². The van der Waals surface area contributed by atoms with Gasteiger partial charge in [-0.3, -0.25) is 0 Å². The summed E-state index contributed by atoms with van der Waals surface area (Å²) in [5.74, 6) is 2.21. The summed E-state index contributed by atoms with van der Waals surface area (Å²) < 4.78 is 10.8. The summed E-state index contributed by atoms with van der Waals surface area (Å²) in [6.07, 6.45) is 5.97. The van der Waals surface area contributed by atoms with Crippen LogP contribution in [0.15, 0.2) is 55.2 Å². The fourth-order valence-corrected chi connectivity index (χ4v) is 3.13. The number of aromatic nitrogens is 4. The first-order chi connectivity index (χ1) is 13.8. The Morgan fingerprint density at radius 1 is 0.929 bits per heavy atom. The van der Waals surface area contributed by atoms with Crippen LogP contribution in [0, 0.1) is 0 Å². The number of benzene rings is 2. The summed E-state index contributed by atoms with van der Waals surface area (Å²) in [6.45, 7) is 0.734. The van der Waals surface area contributed by atoms with Crippen molar-refractivity contribution in [3.05, 3.63) is 60.9 Å². The highest BCUT2D eigenvalue weighted by molar-refractivity contribution is 5.92. The molecule has 0 spiro atoms. The number of anilines is 1. The Bertz CT molecular complexity index is 1080. The molecule has 142 valence electrons. The van der Waals surface area contributed by atoms with E-state index in [1.165, 1.54) is 0 Å². The molecule has 0 fully saturated rings. The Balaban J connectivity index is 1.64. The first kappa shape index (κ1) is 17.8. The largest absolute Gasteiger partial charge is 0.493 e. The number of rotatable bonds is 7. The van der Waals surface area contributed by atoms with Gasteiger partial charge in [-0.15, -0.1) is 0 Å². The monoisotopic (exact) mass is 375 g/mol. The molecule has 0 aliphatic rings. The van der Waals surface area contributed by atoms with Crippen molar-refractivity contribution in [1.29, 1.82) is 0 Å². The number of ether oxygens (including phenoxy) is 2. The maximum Gasteiger partial charge on any atom is 0.161 e. The molecule has 0 aliphatic heterocycles. The van der Waals surface area contributed by atoms with Crippen LogP contribution in [0.5, 0.6) is 11.5 Å². The molecule has 2 aromatic heterocycles. The number of aromatic amines is 1. The normalized spacial score (nSPS) is 10.8. The Labute approximate surface area is 162 Å². The second-order valence-electron chi connectivity index (χ2n) is 6.26. The van der Waals surface area contributed by atoms with Crippen molar-refractivity contribution in [2.24, 2.45) is 0 Å². The molecule has 0 amide bonds. The van der Waals surface area contributed by atoms with Crippen LogP contribution in [0.1, 0.15) is 5.69 Å². The SMILES string of the molecule is COc1ccc(-c2ccc3ncnc(NCCc4c[nH]cn4)c3c2)cc1OC. The van der Waals surface area contributed by atoms with E-state index in [-0.39, 0.29) is 0 Å². The summed E-state index contributed by atoms with van der Waals surface area (Å²) in [5.41, 5.74) is 3.99. The maximum absolute atomic E-state index is 5.43. The van der Waals surface area contributed by atoms with Crippen LogP contribution in [0.2, 0.25) is 0 Å². The summed E-state index contributed by atoms with van der Waals surface area (Å²) in [4.78, 5) is 16.0. The van der Waals surface area contributed by atoms with E-state index in [9.17, 15) is 0 Å². The maximum atomic E-state index is 5.43. The van der Waals surface area contributed by atoms with Gasteiger partial charge in [0.2, 0.25) is 0 Å². The molecule has 7 heteroatoms. The Kier molecular flexibility index (Phi) is 5.05. The molecule has 4 rings (SSSR count). The highest BCUT2D eigenvalue weighted by atomic mass is 16.5. The number of fused-ring (bicyclic) bond motifs is 1. The van der Waals surface area contributed by atoms with Crippen molar-refractivity contribution in [1.82, 2.24) is 19.9 Å². The molecule has 7 nitrogen and oxygen atoms in total. The summed E-state index contributed by atoms with van der Waals surface area (Å²) >= 11 is 0. The predicted octanol–water partition coefficient (Wildman–Crippen LogP) is 3.69. The number of imidazole rings is 1.